The fourth-order valence-corrected chi connectivity index (χ4v) is 3.15. The quantitative estimate of drug-likeness (QED) is 0.659. The Morgan fingerprint density at radius 3 is 2.48 bits per heavy atom. The van der Waals surface area contributed by atoms with Crippen LogP contribution in [0.1, 0.15) is 0 Å². The Labute approximate surface area is 136 Å². The Morgan fingerprint density at radius 2 is 1.81 bits per heavy atom. The van der Waals surface area contributed by atoms with Crippen molar-refractivity contribution in [2.75, 3.05) is 12.0 Å². The van der Waals surface area contributed by atoms with E-state index in [9.17, 15) is 0 Å². The van der Waals surface area contributed by atoms with Crippen molar-refractivity contribution in [3.63, 3.8) is 0 Å². The number of nitrogens with one attached hydrogen (secondary N) is 1. The van der Waals surface area contributed by atoms with Gasteiger partial charge in [-0.25, -0.2) is 0 Å². The van der Waals surface area contributed by atoms with E-state index < -0.39 is 0 Å². The van der Waals surface area contributed by atoms with Crippen molar-refractivity contribution >= 4 is 33.5 Å². The van der Waals surface area contributed by atoms with Crippen LogP contribution in [0.2, 0.25) is 0 Å². The number of thioether (sulfide) groups is 1. The maximum Gasteiger partial charge on any atom is 0.153 e. The predicted octanol–water partition coefficient (Wildman–Crippen LogP) is 4.81. The van der Waals surface area contributed by atoms with Crippen LogP contribution in [0.5, 0.6) is 0 Å². The molecule has 0 spiro atoms. The van der Waals surface area contributed by atoms with E-state index in [2.05, 4.69) is 56.6 Å². The molecule has 3 rings (SSSR count). The highest BCUT2D eigenvalue weighted by Gasteiger charge is 2.16. The lowest BCUT2D eigenvalue weighted by Gasteiger charge is -2.07. The highest BCUT2D eigenvalue weighted by molar-refractivity contribution is 9.10. The third-order valence-corrected chi connectivity index (χ3v) is 4.75. The van der Waals surface area contributed by atoms with E-state index in [4.69, 9.17) is 5.73 Å². The summed E-state index contributed by atoms with van der Waals surface area (Å²) in [4.78, 5) is 1.23. The van der Waals surface area contributed by atoms with Gasteiger partial charge in [-0.1, -0.05) is 46.3 Å². The summed E-state index contributed by atoms with van der Waals surface area (Å²) in [7, 11) is 0. The Kier molecular flexibility index (Phi) is 4.03. The van der Waals surface area contributed by atoms with Crippen molar-refractivity contribution in [2.24, 2.45) is 0 Å². The molecule has 0 fully saturated rings. The Balaban J connectivity index is 2.15. The fourth-order valence-electron chi connectivity index (χ4n) is 2.26. The molecule has 0 aliphatic rings. The molecule has 0 bridgehead atoms. The van der Waals surface area contributed by atoms with Crippen molar-refractivity contribution in [3.05, 3.63) is 53.0 Å². The van der Waals surface area contributed by atoms with Gasteiger partial charge in [0, 0.05) is 20.5 Å². The first-order valence-electron chi connectivity index (χ1n) is 6.44. The van der Waals surface area contributed by atoms with Crippen molar-refractivity contribution in [1.82, 2.24) is 10.2 Å². The molecule has 0 atom stereocenters. The predicted molar refractivity (Wildman–Crippen MR) is 93.4 cm³/mol. The number of hydrogen-bond donors (Lipinski definition) is 2. The second kappa shape index (κ2) is 5.95. The summed E-state index contributed by atoms with van der Waals surface area (Å²) < 4.78 is 1.00. The number of hydrogen-bond acceptors (Lipinski definition) is 3. The maximum absolute atomic E-state index is 6.07. The summed E-state index contributed by atoms with van der Waals surface area (Å²) in [6, 6.07) is 16.4. The minimum absolute atomic E-state index is 0.505. The number of aromatic amines is 1. The van der Waals surface area contributed by atoms with Gasteiger partial charge in [0.25, 0.3) is 0 Å². The molecule has 0 saturated carbocycles. The standard InChI is InChI=1S/C16H14BrN3S/c1-21-11-8-6-10(7-9-11)15-14(16(18)20-19-15)12-4-2-3-5-13(12)17/h2-9H,1H3,(H3,18,19,20). The summed E-state index contributed by atoms with van der Waals surface area (Å²) >= 11 is 5.30. The zero-order chi connectivity index (χ0) is 14.8. The average molecular weight is 360 g/mol. The molecule has 1 aromatic heterocycles. The number of rotatable bonds is 3. The molecule has 0 aliphatic heterocycles. The second-order valence-electron chi connectivity index (χ2n) is 4.57. The summed E-state index contributed by atoms with van der Waals surface area (Å²) in [5, 5.41) is 7.23. The molecule has 2 aromatic carbocycles. The number of anilines is 1. The number of nitrogen functional groups attached to an aromatic ring is 1. The molecule has 106 valence electrons. The largest absolute Gasteiger partial charge is 0.382 e. The number of halogens is 1. The van der Waals surface area contributed by atoms with Crippen LogP contribution in [0.25, 0.3) is 22.4 Å². The molecule has 3 aromatic rings. The van der Waals surface area contributed by atoms with Gasteiger partial charge in [0.05, 0.1) is 11.3 Å². The number of nitrogens with two attached hydrogens (primary N) is 1. The van der Waals surface area contributed by atoms with Gasteiger partial charge in [-0.2, -0.15) is 5.10 Å². The van der Waals surface area contributed by atoms with Crippen LogP contribution in [0, 0.1) is 0 Å². The SMILES string of the molecule is CSc1ccc(-c2[nH]nc(N)c2-c2ccccc2Br)cc1. The van der Waals surface area contributed by atoms with Crippen LogP contribution in [0.4, 0.5) is 5.82 Å². The first-order chi connectivity index (χ1) is 10.2. The molecule has 0 amide bonds. The van der Waals surface area contributed by atoms with Gasteiger partial charge in [0.15, 0.2) is 5.82 Å². The first-order valence-corrected chi connectivity index (χ1v) is 8.45. The lowest BCUT2D eigenvalue weighted by Crippen LogP contribution is -1.89. The highest BCUT2D eigenvalue weighted by Crippen LogP contribution is 2.38. The van der Waals surface area contributed by atoms with Crippen LogP contribution >= 0.6 is 27.7 Å². The number of aromatic nitrogens is 2. The normalized spacial score (nSPS) is 10.8. The van der Waals surface area contributed by atoms with Crippen molar-refractivity contribution in [3.8, 4) is 22.4 Å². The van der Waals surface area contributed by atoms with Crippen molar-refractivity contribution in [1.29, 1.82) is 0 Å². The van der Waals surface area contributed by atoms with Crippen LogP contribution in [0.3, 0.4) is 0 Å². The van der Waals surface area contributed by atoms with E-state index in [-0.39, 0.29) is 0 Å². The van der Waals surface area contributed by atoms with Crippen molar-refractivity contribution < 1.29 is 0 Å². The molecule has 21 heavy (non-hydrogen) atoms. The topological polar surface area (TPSA) is 54.7 Å². The number of benzene rings is 2. The minimum Gasteiger partial charge on any atom is -0.382 e. The molecular weight excluding hydrogens is 346 g/mol. The highest BCUT2D eigenvalue weighted by atomic mass is 79.9. The third-order valence-electron chi connectivity index (χ3n) is 3.32. The summed E-state index contributed by atoms with van der Waals surface area (Å²) in [5.41, 5.74) is 10.0. The maximum atomic E-state index is 6.07. The Hall–Kier alpha value is -1.72. The molecular formula is C16H14BrN3S. The van der Waals surface area contributed by atoms with E-state index in [1.54, 1.807) is 11.8 Å². The zero-order valence-electron chi connectivity index (χ0n) is 11.4. The summed E-state index contributed by atoms with van der Waals surface area (Å²) in [6.07, 6.45) is 2.07. The molecule has 3 nitrogen and oxygen atoms in total. The lowest BCUT2D eigenvalue weighted by molar-refractivity contribution is 1.10. The van der Waals surface area contributed by atoms with Gasteiger partial charge in [-0.05, 0) is 24.5 Å². The Bertz CT molecular complexity index is 765. The smallest absolute Gasteiger partial charge is 0.153 e. The van der Waals surface area contributed by atoms with Crippen molar-refractivity contribution in [2.45, 2.75) is 4.90 Å². The fraction of sp³-hybridized carbons (Fsp3) is 0.0625. The van der Waals surface area contributed by atoms with Crippen LogP contribution < -0.4 is 5.73 Å². The average Bonchev–Trinajstić information content (AvgIpc) is 2.89. The summed E-state index contributed by atoms with van der Waals surface area (Å²) in [5.74, 6) is 0.505. The van der Waals surface area contributed by atoms with E-state index in [1.807, 2.05) is 24.3 Å². The minimum atomic E-state index is 0.505. The van der Waals surface area contributed by atoms with Gasteiger partial charge in [-0.3, -0.25) is 5.10 Å². The van der Waals surface area contributed by atoms with Gasteiger partial charge < -0.3 is 5.73 Å². The summed E-state index contributed by atoms with van der Waals surface area (Å²) in [6.45, 7) is 0. The van der Waals surface area contributed by atoms with E-state index in [1.165, 1.54) is 4.90 Å². The number of nitrogens with zero attached hydrogens (tertiary/aromatic N) is 1. The zero-order valence-corrected chi connectivity index (χ0v) is 13.8. The van der Waals surface area contributed by atoms with E-state index in [0.717, 1.165) is 26.9 Å². The van der Waals surface area contributed by atoms with Crippen LogP contribution in [-0.2, 0) is 0 Å². The Morgan fingerprint density at radius 1 is 1.10 bits per heavy atom. The molecule has 0 unspecified atom stereocenters. The van der Waals surface area contributed by atoms with E-state index in [0.29, 0.717) is 5.82 Å². The van der Waals surface area contributed by atoms with Crippen LogP contribution in [-0.4, -0.2) is 16.5 Å². The van der Waals surface area contributed by atoms with Gasteiger partial charge in [-0.15, -0.1) is 11.8 Å². The monoisotopic (exact) mass is 359 g/mol. The van der Waals surface area contributed by atoms with Gasteiger partial charge in [0.1, 0.15) is 0 Å². The molecule has 0 radical (unpaired) electrons. The molecule has 5 heteroatoms. The molecule has 1 heterocycles. The second-order valence-corrected chi connectivity index (χ2v) is 6.30. The molecule has 0 aliphatic carbocycles. The van der Waals surface area contributed by atoms with Gasteiger partial charge in [0.2, 0.25) is 0 Å². The lowest BCUT2D eigenvalue weighted by atomic mass is 10.0. The third kappa shape index (κ3) is 2.71. The van der Waals surface area contributed by atoms with E-state index >= 15 is 0 Å². The molecule has 0 saturated heterocycles. The number of H-pyrrole nitrogens is 1. The van der Waals surface area contributed by atoms with Crippen LogP contribution in [0.15, 0.2) is 57.9 Å². The first kappa shape index (κ1) is 14.2. The molecule has 3 N–H and O–H groups in total. The van der Waals surface area contributed by atoms with Gasteiger partial charge >= 0.3 is 0 Å².